The highest BCUT2D eigenvalue weighted by atomic mass is 16.5. The van der Waals surface area contributed by atoms with Gasteiger partial charge < -0.3 is 18.9 Å². The fourth-order valence-electron chi connectivity index (χ4n) is 3.47. The maximum Gasteiger partial charge on any atom is 0.308 e. The van der Waals surface area contributed by atoms with E-state index in [1.165, 1.54) is 14.0 Å². The molecule has 0 spiro atoms. The first-order valence-corrected chi connectivity index (χ1v) is 9.51. The van der Waals surface area contributed by atoms with Crippen molar-refractivity contribution >= 4 is 17.8 Å². The van der Waals surface area contributed by atoms with Gasteiger partial charge in [-0.2, -0.15) is 0 Å². The summed E-state index contributed by atoms with van der Waals surface area (Å²) >= 11 is 0. The van der Waals surface area contributed by atoms with Crippen molar-refractivity contribution in [3.05, 3.63) is 76.8 Å². The van der Waals surface area contributed by atoms with Gasteiger partial charge in [-0.05, 0) is 54.3 Å². The number of methoxy groups -OCH3 is 2. The Balaban J connectivity index is 2.14. The molecule has 0 unspecified atom stereocenters. The Morgan fingerprint density at radius 3 is 2.77 bits per heavy atom. The molecule has 0 atom stereocenters. The van der Waals surface area contributed by atoms with E-state index in [0.29, 0.717) is 39.5 Å². The van der Waals surface area contributed by atoms with E-state index in [2.05, 4.69) is 6.58 Å². The van der Waals surface area contributed by atoms with Crippen LogP contribution in [0.15, 0.2) is 65.7 Å². The number of carbonyl (C=O) groups excluding carboxylic acids is 2. The maximum absolute atomic E-state index is 12.1. The van der Waals surface area contributed by atoms with Crippen molar-refractivity contribution in [3.8, 4) is 11.5 Å². The molecule has 1 aliphatic carbocycles. The topological polar surface area (TPSA) is 71.1 Å². The Kier molecular flexibility index (Phi) is 6.69. The number of ether oxygens (including phenoxy) is 4. The van der Waals surface area contributed by atoms with Crippen LogP contribution in [0.1, 0.15) is 30.9 Å². The second kappa shape index (κ2) is 9.41. The largest absolute Gasteiger partial charge is 0.496 e. The molecule has 1 aromatic rings. The average Bonchev–Trinajstić information content (AvgIpc) is 2.73. The van der Waals surface area contributed by atoms with Gasteiger partial charge in [0, 0.05) is 25.2 Å². The van der Waals surface area contributed by atoms with Crippen LogP contribution in [0.5, 0.6) is 11.5 Å². The van der Waals surface area contributed by atoms with Crippen molar-refractivity contribution < 1.29 is 28.5 Å². The third kappa shape index (κ3) is 4.44. The third-order valence-electron chi connectivity index (χ3n) is 4.74. The summed E-state index contributed by atoms with van der Waals surface area (Å²) < 4.78 is 21.9. The van der Waals surface area contributed by atoms with Crippen LogP contribution in [-0.2, 0) is 25.7 Å². The SMILES string of the molecule is C=C1C=C(/C(C=O)=C/C2=C(OC)C=CCC2)c2ccc(OC(C)=O)c(COC)c2O1. The predicted octanol–water partition coefficient (Wildman–Crippen LogP) is 4.42. The fraction of sp³-hybridized carbons (Fsp3) is 0.250. The zero-order chi connectivity index (χ0) is 21.7. The zero-order valence-electron chi connectivity index (χ0n) is 17.3. The number of aldehydes is 1. The van der Waals surface area contributed by atoms with Gasteiger partial charge in [0.1, 0.15) is 23.0 Å². The number of esters is 1. The summed E-state index contributed by atoms with van der Waals surface area (Å²) in [6.45, 7) is 5.40. The number of allylic oxidation sites excluding steroid dienone is 7. The van der Waals surface area contributed by atoms with Crippen molar-refractivity contribution in [1.82, 2.24) is 0 Å². The molecular weight excluding hydrogens is 384 g/mol. The summed E-state index contributed by atoms with van der Waals surface area (Å²) in [5, 5.41) is 0. The smallest absolute Gasteiger partial charge is 0.308 e. The summed E-state index contributed by atoms with van der Waals surface area (Å²) in [7, 11) is 3.15. The van der Waals surface area contributed by atoms with E-state index >= 15 is 0 Å². The van der Waals surface area contributed by atoms with Gasteiger partial charge in [0.05, 0.1) is 19.3 Å². The quantitative estimate of drug-likeness (QED) is 0.288. The Morgan fingerprint density at radius 1 is 1.30 bits per heavy atom. The van der Waals surface area contributed by atoms with Crippen LogP contribution in [0.3, 0.4) is 0 Å². The van der Waals surface area contributed by atoms with Crippen LogP contribution in [0.2, 0.25) is 0 Å². The van der Waals surface area contributed by atoms with Crippen molar-refractivity contribution in [3.63, 3.8) is 0 Å². The minimum Gasteiger partial charge on any atom is -0.496 e. The predicted molar refractivity (Wildman–Crippen MR) is 113 cm³/mol. The maximum atomic E-state index is 12.1. The summed E-state index contributed by atoms with van der Waals surface area (Å²) in [6.07, 6.45) is 9.95. The molecule has 0 N–H and O–H groups in total. The van der Waals surface area contributed by atoms with Crippen molar-refractivity contribution in [2.75, 3.05) is 14.2 Å². The van der Waals surface area contributed by atoms with E-state index in [-0.39, 0.29) is 6.61 Å². The molecule has 6 heteroatoms. The minimum absolute atomic E-state index is 0.163. The molecule has 0 amide bonds. The summed E-state index contributed by atoms with van der Waals surface area (Å²) in [6, 6.07) is 3.43. The Morgan fingerprint density at radius 2 is 2.10 bits per heavy atom. The van der Waals surface area contributed by atoms with E-state index in [1.54, 1.807) is 25.3 Å². The summed E-state index contributed by atoms with van der Waals surface area (Å²) in [4.78, 5) is 23.5. The number of rotatable bonds is 7. The standard InChI is InChI=1S/C24H24O6/c1-15-11-20(18(13-25)12-17-7-5-6-8-22(17)28-4)19-9-10-23(30-16(2)26)21(14-27-3)24(19)29-15/h6,8-13H,1,5,7,14H2,2-4H3/b18-12+. The number of fused-ring (bicyclic) bond motifs is 1. The molecule has 156 valence electrons. The van der Waals surface area contributed by atoms with Crippen LogP contribution in [0.25, 0.3) is 5.57 Å². The van der Waals surface area contributed by atoms with Gasteiger partial charge in [0.15, 0.2) is 6.29 Å². The minimum atomic E-state index is -0.449. The monoisotopic (exact) mass is 408 g/mol. The fourth-order valence-corrected chi connectivity index (χ4v) is 3.47. The van der Waals surface area contributed by atoms with Gasteiger partial charge in [0.25, 0.3) is 0 Å². The zero-order valence-corrected chi connectivity index (χ0v) is 17.3. The molecule has 1 heterocycles. The average molecular weight is 408 g/mol. The molecular formula is C24H24O6. The molecule has 1 aromatic carbocycles. The van der Waals surface area contributed by atoms with E-state index in [4.69, 9.17) is 18.9 Å². The molecule has 2 aliphatic rings. The van der Waals surface area contributed by atoms with Crippen LogP contribution < -0.4 is 9.47 Å². The number of hydrogen-bond donors (Lipinski definition) is 0. The third-order valence-corrected chi connectivity index (χ3v) is 4.74. The van der Waals surface area contributed by atoms with Crippen molar-refractivity contribution in [1.29, 1.82) is 0 Å². The van der Waals surface area contributed by atoms with E-state index in [0.717, 1.165) is 30.5 Å². The van der Waals surface area contributed by atoms with Crippen molar-refractivity contribution in [2.45, 2.75) is 26.4 Å². The van der Waals surface area contributed by atoms with E-state index < -0.39 is 5.97 Å². The molecule has 0 bridgehead atoms. The molecule has 3 rings (SSSR count). The van der Waals surface area contributed by atoms with Crippen LogP contribution in [0.4, 0.5) is 0 Å². The van der Waals surface area contributed by atoms with E-state index in [1.807, 2.05) is 18.2 Å². The Bertz CT molecular complexity index is 1010. The van der Waals surface area contributed by atoms with Gasteiger partial charge >= 0.3 is 5.97 Å². The van der Waals surface area contributed by atoms with Gasteiger partial charge in [0.2, 0.25) is 0 Å². The molecule has 0 saturated heterocycles. The van der Waals surface area contributed by atoms with Gasteiger partial charge in [-0.15, -0.1) is 0 Å². The highest BCUT2D eigenvalue weighted by Crippen LogP contribution is 2.43. The highest BCUT2D eigenvalue weighted by molar-refractivity contribution is 6.02. The first-order chi connectivity index (χ1) is 14.5. The Labute approximate surface area is 175 Å². The van der Waals surface area contributed by atoms with E-state index in [9.17, 15) is 9.59 Å². The molecule has 0 saturated carbocycles. The summed E-state index contributed by atoms with van der Waals surface area (Å²) in [5.74, 6) is 1.45. The van der Waals surface area contributed by atoms with Crippen molar-refractivity contribution in [2.24, 2.45) is 0 Å². The lowest BCUT2D eigenvalue weighted by atomic mass is 9.90. The molecule has 0 fully saturated rings. The normalized spacial score (nSPS) is 15.9. The lowest BCUT2D eigenvalue weighted by Crippen LogP contribution is -2.11. The first kappa shape index (κ1) is 21.3. The lowest BCUT2D eigenvalue weighted by Gasteiger charge is -2.24. The van der Waals surface area contributed by atoms with Crippen LogP contribution in [0, 0.1) is 0 Å². The molecule has 1 aliphatic heterocycles. The molecule has 30 heavy (non-hydrogen) atoms. The van der Waals surface area contributed by atoms with Gasteiger partial charge in [-0.1, -0.05) is 12.7 Å². The number of carbonyl (C=O) groups is 2. The number of hydrogen-bond acceptors (Lipinski definition) is 6. The molecule has 0 aromatic heterocycles. The second-order valence-corrected chi connectivity index (χ2v) is 6.82. The Hall–Kier alpha value is -3.38. The lowest BCUT2D eigenvalue weighted by molar-refractivity contribution is -0.132. The molecule has 6 nitrogen and oxygen atoms in total. The second-order valence-electron chi connectivity index (χ2n) is 6.82. The van der Waals surface area contributed by atoms with Crippen LogP contribution >= 0.6 is 0 Å². The van der Waals surface area contributed by atoms with Gasteiger partial charge in [-0.3, -0.25) is 9.59 Å². The highest BCUT2D eigenvalue weighted by Gasteiger charge is 2.25. The first-order valence-electron chi connectivity index (χ1n) is 9.51. The molecule has 0 radical (unpaired) electrons. The number of benzene rings is 1. The van der Waals surface area contributed by atoms with Crippen LogP contribution in [-0.4, -0.2) is 26.5 Å². The van der Waals surface area contributed by atoms with Gasteiger partial charge in [-0.25, -0.2) is 0 Å². The summed E-state index contributed by atoms with van der Waals surface area (Å²) in [5.41, 5.74) is 3.34.